The van der Waals surface area contributed by atoms with Crippen LogP contribution in [0.1, 0.15) is 39.5 Å². The number of hydrogen-bond acceptors (Lipinski definition) is 3. The lowest BCUT2D eigenvalue weighted by atomic mass is 10.1. The molecule has 0 aliphatic carbocycles. The monoisotopic (exact) mass is 215 g/mol. The highest BCUT2D eigenvalue weighted by Crippen LogP contribution is 2.17. The second-order valence-electron chi connectivity index (χ2n) is 4.64. The summed E-state index contributed by atoms with van der Waals surface area (Å²) in [6.45, 7) is 6.14. The van der Waals surface area contributed by atoms with Gasteiger partial charge >= 0.3 is 0 Å². The Bertz CT molecular complexity index is 158. The average molecular weight is 215 g/mol. The van der Waals surface area contributed by atoms with Gasteiger partial charge in [0.05, 0.1) is 12.7 Å². The van der Waals surface area contributed by atoms with Gasteiger partial charge in [-0.05, 0) is 39.5 Å². The summed E-state index contributed by atoms with van der Waals surface area (Å²) in [5.74, 6) is 0. The van der Waals surface area contributed by atoms with Crippen molar-refractivity contribution in [1.82, 2.24) is 5.32 Å². The summed E-state index contributed by atoms with van der Waals surface area (Å²) >= 11 is 0. The van der Waals surface area contributed by atoms with Crippen LogP contribution in [-0.4, -0.2) is 38.5 Å². The summed E-state index contributed by atoms with van der Waals surface area (Å²) in [7, 11) is 1.75. The predicted molar refractivity (Wildman–Crippen MR) is 62.1 cm³/mol. The van der Waals surface area contributed by atoms with Gasteiger partial charge in [-0.1, -0.05) is 0 Å². The maximum Gasteiger partial charge on any atom is 0.0613 e. The van der Waals surface area contributed by atoms with E-state index in [0.29, 0.717) is 18.2 Å². The van der Waals surface area contributed by atoms with Crippen LogP contribution in [0.3, 0.4) is 0 Å². The topological polar surface area (TPSA) is 30.5 Å². The first-order chi connectivity index (χ1) is 7.22. The zero-order valence-electron chi connectivity index (χ0n) is 10.3. The quantitative estimate of drug-likeness (QED) is 0.704. The number of ether oxygens (including phenoxy) is 2. The van der Waals surface area contributed by atoms with E-state index >= 15 is 0 Å². The SMILES string of the molecule is COCC(C)NC(C)CCC1CCCO1. The minimum atomic E-state index is 0.439. The van der Waals surface area contributed by atoms with Crippen molar-refractivity contribution in [2.24, 2.45) is 0 Å². The molecule has 0 aromatic rings. The zero-order valence-corrected chi connectivity index (χ0v) is 10.3. The third-order valence-electron chi connectivity index (χ3n) is 2.93. The standard InChI is InChI=1S/C12H25NO2/c1-10(13-11(2)9-14-3)6-7-12-5-4-8-15-12/h10-13H,4-9H2,1-3H3. The first-order valence-electron chi connectivity index (χ1n) is 6.09. The molecule has 0 saturated carbocycles. The van der Waals surface area contributed by atoms with Crippen LogP contribution < -0.4 is 5.32 Å². The van der Waals surface area contributed by atoms with Crippen LogP contribution in [0, 0.1) is 0 Å². The second-order valence-corrected chi connectivity index (χ2v) is 4.64. The summed E-state index contributed by atoms with van der Waals surface area (Å²) < 4.78 is 10.7. The van der Waals surface area contributed by atoms with Crippen molar-refractivity contribution in [3.05, 3.63) is 0 Å². The minimum Gasteiger partial charge on any atom is -0.383 e. The fourth-order valence-electron chi connectivity index (χ4n) is 2.18. The molecule has 90 valence electrons. The molecule has 3 heteroatoms. The van der Waals surface area contributed by atoms with Crippen molar-refractivity contribution in [3.8, 4) is 0 Å². The van der Waals surface area contributed by atoms with Gasteiger partial charge in [-0.2, -0.15) is 0 Å². The van der Waals surface area contributed by atoms with Gasteiger partial charge in [0.2, 0.25) is 0 Å². The normalized spacial score (nSPS) is 25.4. The molecule has 3 unspecified atom stereocenters. The van der Waals surface area contributed by atoms with Crippen LogP contribution in [-0.2, 0) is 9.47 Å². The molecule has 1 N–H and O–H groups in total. The summed E-state index contributed by atoms with van der Waals surface area (Å²) in [4.78, 5) is 0. The lowest BCUT2D eigenvalue weighted by molar-refractivity contribution is 0.0987. The van der Waals surface area contributed by atoms with Gasteiger partial charge in [0.15, 0.2) is 0 Å². The van der Waals surface area contributed by atoms with Gasteiger partial charge in [0.1, 0.15) is 0 Å². The van der Waals surface area contributed by atoms with Gasteiger partial charge in [0.25, 0.3) is 0 Å². The Morgan fingerprint density at radius 1 is 1.40 bits per heavy atom. The maximum absolute atomic E-state index is 5.60. The smallest absolute Gasteiger partial charge is 0.0613 e. The van der Waals surface area contributed by atoms with Gasteiger partial charge < -0.3 is 14.8 Å². The molecule has 1 heterocycles. The van der Waals surface area contributed by atoms with Gasteiger partial charge in [-0.3, -0.25) is 0 Å². The highest BCUT2D eigenvalue weighted by Gasteiger charge is 2.16. The van der Waals surface area contributed by atoms with Crippen molar-refractivity contribution in [1.29, 1.82) is 0 Å². The van der Waals surface area contributed by atoms with Crippen molar-refractivity contribution >= 4 is 0 Å². The van der Waals surface area contributed by atoms with E-state index in [4.69, 9.17) is 9.47 Å². The molecule has 0 aromatic carbocycles. The Morgan fingerprint density at radius 2 is 2.20 bits per heavy atom. The van der Waals surface area contributed by atoms with Crippen molar-refractivity contribution < 1.29 is 9.47 Å². The molecular formula is C12H25NO2. The molecule has 1 fully saturated rings. The summed E-state index contributed by atoms with van der Waals surface area (Å²) in [6.07, 6.45) is 5.39. The van der Waals surface area contributed by atoms with E-state index in [-0.39, 0.29) is 0 Å². The molecule has 3 atom stereocenters. The zero-order chi connectivity index (χ0) is 11.1. The number of methoxy groups -OCH3 is 1. The molecule has 1 saturated heterocycles. The van der Waals surface area contributed by atoms with E-state index in [1.165, 1.54) is 25.7 Å². The fraction of sp³-hybridized carbons (Fsp3) is 1.00. The molecule has 3 nitrogen and oxygen atoms in total. The molecule has 1 aliphatic rings. The van der Waals surface area contributed by atoms with E-state index in [1.807, 2.05) is 0 Å². The van der Waals surface area contributed by atoms with Gasteiger partial charge in [-0.15, -0.1) is 0 Å². The number of hydrogen-bond donors (Lipinski definition) is 1. The summed E-state index contributed by atoms with van der Waals surface area (Å²) in [5, 5.41) is 3.52. The molecule has 0 aromatic heterocycles. The molecule has 15 heavy (non-hydrogen) atoms. The van der Waals surface area contributed by atoms with E-state index in [1.54, 1.807) is 7.11 Å². The number of nitrogens with one attached hydrogen (secondary N) is 1. The first kappa shape index (κ1) is 12.9. The molecular weight excluding hydrogens is 190 g/mol. The highest BCUT2D eigenvalue weighted by molar-refractivity contribution is 4.71. The Labute approximate surface area is 93.5 Å². The van der Waals surface area contributed by atoms with Crippen LogP contribution in [0.5, 0.6) is 0 Å². The fourth-order valence-corrected chi connectivity index (χ4v) is 2.18. The number of rotatable bonds is 7. The van der Waals surface area contributed by atoms with Crippen molar-refractivity contribution in [2.75, 3.05) is 20.3 Å². The Morgan fingerprint density at radius 3 is 2.80 bits per heavy atom. The summed E-state index contributed by atoms with van der Waals surface area (Å²) in [5.41, 5.74) is 0. The Kier molecular flexibility index (Phi) is 6.22. The molecule has 0 spiro atoms. The minimum absolute atomic E-state index is 0.439. The predicted octanol–water partition coefficient (Wildman–Crippen LogP) is 1.96. The van der Waals surface area contributed by atoms with Crippen LogP contribution >= 0.6 is 0 Å². The van der Waals surface area contributed by atoms with Crippen LogP contribution in [0.15, 0.2) is 0 Å². The molecule has 0 bridgehead atoms. The maximum atomic E-state index is 5.60. The lowest BCUT2D eigenvalue weighted by Crippen LogP contribution is -2.37. The molecule has 1 aliphatic heterocycles. The van der Waals surface area contributed by atoms with Crippen LogP contribution in [0.2, 0.25) is 0 Å². The lowest BCUT2D eigenvalue weighted by Gasteiger charge is -2.20. The Balaban J connectivity index is 2.04. The molecule has 1 rings (SSSR count). The van der Waals surface area contributed by atoms with Crippen molar-refractivity contribution in [2.45, 2.75) is 57.7 Å². The second kappa shape index (κ2) is 7.20. The molecule has 0 amide bonds. The van der Waals surface area contributed by atoms with E-state index in [0.717, 1.165) is 13.2 Å². The van der Waals surface area contributed by atoms with E-state index < -0.39 is 0 Å². The van der Waals surface area contributed by atoms with Crippen LogP contribution in [0.25, 0.3) is 0 Å². The van der Waals surface area contributed by atoms with E-state index in [9.17, 15) is 0 Å². The van der Waals surface area contributed by atoms with Gasteiger partial charge in [0, 0.05) is 25.8 Å². The largest absolute Gasteiger partial charge is 0.383 e. The van der Waals surface area contributed by atoms with Crippen LogP contribution in [0.4, 0.5) is 0 Å². The average Bonchev–Trinajstić information content (AvgIpc) is 2.67. The highest BCUT2D eigenvalue weighted by atomic mass is 16.5. The first-order valence-corrected chi connectivity index (χ1v) is 6.09. The summed E-state index contributed by atoms with van der Waals surface area (Å²) in [6, 6.07) is 0.994. The third kappa shape index (κ3) is 5.50. The third-order valence-corrected chi connectivity index (χ3v) is 2.93. The Hall–Kier alpha value is -0.120. The van der Waals surface area contributed by atoms with Gasteiger partial charge in [-0.25, -0.2) is 0 Å². The van der Waals surface area contributed by atoms with Crippen molar-refractivity contribution in [3.63, 3.8) is 0 Å². The van der Waals surface area contributed by atoms with E-state index in [2.05, 4.69) is 19.2 Å². The molecule has 0 radical (unpaired) electrons.